The lowest BCUT2D eigenvalue weighted by Gasteiger charge is -2.20. The van der Waals surface area contributed by atoms with Crippen LogP contribution < -0.4 is 5.32 Å². The Hall–Kier alpha value is -2.47. The molecule has 2 aromatic heterocycles. The molecule has 0 unspecified atom stereocenters. The van der Waals surface area contributed by atoms with E-state index in [2.05, 4.69) is 15.5 Å². The number of amides is 1. The number of rotatable bonds is 5. The van der Waals surface area contributed by atoms with Crippen LogP contribution in [0.5, 0.6) is 0 Å². The lowest BCUT2D eigenvalue weighted by Crippen LogP contribution is -2.22. The molecule has 122 valence electrons. The third-order valence-electron chi connectivity index (χ3n) is 4.28. The summed E-state index contributed by atoms with van der Waals surface area (Å²) in [6.07, 6.45) is 3.46. The van der Waals surface area contributed by atoms with Crippen LogP contribution in [0.1, 0.15) is 46.3 Å². The number of carbonyl (C=O) groups is 1. The molecule has 0 radical (unpaired) electrons. The van der Waals surface area contributed by atoms with E-state index in [0.717, 1.165) is 23.3 Å². The Labute approximate surface area is 143 Å². The Balaban J connectivity index is 1.48. The molecule has 24 heavy (non-hydrogen) atoms. The number of thiophene rings is 1. The fourth-order valence-corrected chi connectivity index (χ4v) is 3.30. The third-order valence-corrected chi connectivity index (χ3v) is 5.16. The van der Waals surface area contributed by atoms with Gasteiger partial charge in [-0.2, -0.15) is 4.98 Å². The van der Waals surface area contributed by atoms with Gasteiger partial charge in [0.1, 0.15) is 0 Å². The van der Waals surface area contributed by atoms with Crippen molar-refractivity contribution in [3.8, 4) is 11.4 Å². The Morgan fingerprint density at radius 3 is 2.96 bits per heavy atom. The van der Waals surface area contributed by atoms with E-state index in [-0.39, 0.29) is 5.91 Å². The van der Waals surface area contributed by atoms with Crippen molar-refractivity contribution in [2.45, 2.75) is 31.7 Å². The summed E-state index contributed by atoms with van der Waals surface area (Å²) in [6, 6.07) is 11.3. The Morgan fingerprint density at radius 1 is 1.29 bits per heavy atom. The highest BCUT2D eigenvalue weighted by Gasteiger charge is 2.25. The summed E-state index contributed by atoms with van der Waals surface area (Å²) in [7, 11) is 0. The zero-order chi connectivity index (χ0) is 16.4. The van der Waals surface area contributed by atoms with Crippen LogP contribution in [0.3, 0.4) is 0 Å². The molecule has 5 nitrogen and oxygen atoms in total. The molecule has 0 atom stereocenters. The summed E-state index contributed by atoms with van der Waals surface area (Å²) in [6.45, 7) is 0.536. The first-order chi connectivity index (χ1) is 11.8. The van der Waals surface area contributed by atoms with Crippen LogP contribution >= 0.6 is 11.3 Å². The normalized spacial score (nSPS) is 14.3. The lowest BCUT2D eigenvalue weighted by atomic mass is 9.85. The van der Waals surface area contributed by atoms with Gasteiger partial charge in [-0.3, -0.25) is 4.79 Å². The van der Waals surface area contributed by atoms with Gasteiger partial charge in [0.15, 0.2) is 0 Å². The monoisotopic (exact) mass is 339 g/mol. The second-order valence-corrected chi connectivity index (χ2v) is 6.96. The smallest absolute Gasteiger partial charge is 0.251 e. The molecule has 1 aliphatic rings. The molecule has 1 N–H and O–H groups in total. The van der Waals surface area contributed by atoms with Crippen LogP contribution in [0.4, 0.5) is 0 Å². The van der Waals surface area contributed by atoms with Gasteiger partial charge in [0, 0.05) is 21.9 Å². The van der Waals surface area contributed by atoms with E-state index in [9.17, 15) is 4.79 Å². The maximum Gasteiger partial charge on any atom is 0.251 e. The zero-order valence-corrected chi connectivity index (χ0v) is 13.9. The van der Waals surface area contributed by atoms with Gasteiger partial charge >= 0.3 is 0 Å². The van der Waals surface area contributed by atoms with E-state index in [1.54, 1.807) is 23.5 Å². The van der Waals surface area contributed by atoms with E-state index in [1.807, 2.05) is 29.6 Å². The van der Waals surface area contributed by atoms with Crippen LogP contribution in [0.2, 0.25) is 0 Å². The van der Waals surface area contributed by atoms with E-state index in [1.165, 1.54) is 6.42 Å². The molecular weight excluding hydrogens is 322 g/mol. The highest BCUT2D eigenvalue weighted by molar-refractivity contribution is 7.09. The molecule has 2 heterocycles. The van der Waals surface area contributed by atoms with Crippen LogP contribution in [0.25, 0.3) is 11.4 Å². The van der Waals surface area contributed by atoms with Gasteiger partial charge in [-0.1, -0.05) is 29.8 Å². The fourth-order valence-electron chi connectivity index (χ4n) is 2.66. The van der Waals surface area contributed by atoms with Crippen molar-refractivity contribution in [2.24, 2.45) is 0 Å². The third kappa shape index (κ3) is 3.10. The first kappa shape index (κ1) is 15.1. The van der Waals surface area contributed by atoms with Gasteiger partial charge in [0.2, 0.25) is 11.7 Å². The highest BCUT2D eigenvalue weighted by atomic mass is 32.1. The summed E-state index contributed by atoms with van der Waals surface area (Å²) >= 11 is 1.63. The number of carbonyl (C=O) groups excluding carboxylic acids is 1. The standard InChI is InChI=1S/C18H17N3O2S/c22-17(19-11-15-8-3-9-24-15)14-7-2-6-13(10-14)16-20-18(23-21-16)12-4-1-5-12/h2-3,6-10,12H,1,4-5,11H2,(H,19,22). The van der Waals surface area contributed by atoms with Gasteiger partial charge in [-0.25, -0.2) is 0 Å². The summed E-state index contributed by atoms with van der Waals surface area (Å²) in [5.41, 5.74) is 1.40. The predicted molar refractivity (Wildman–Crippen MR) is 91.8 cm³/mol. The molecule has 0 bridgehead atoms. The quantitative estimate of drug-likeness (QED) is 0.763. The van der Waals surface area contributed by atoms with Crippen molar-refractivity contribution in [3.63, 3.8) is 0 Å². The number of hydrogen-bond acceptors (Lipinski definition) is 5. The maximum atomic E-state index is 12.3. The summed E-state index contributed by atoms with van der Waals surface area (Å²) < 4.78 is 5.36. The molecule has 3 aromatic rings. The minimum absolute atomic E-state index is 0.104. The minimum atomic E-state index is -0.104. The number of nitrogens with zero attached hydrogens (tertiary/aromatic N) is 2. The van der Waals surface area contributed by atoms with E-state index in [4.69, 9.17) is 4.52 Å². The summed E-state index contributed by atoms with van der Waals surface area (Å²) in [5.74, 6) is 1.56. The van der Waals surface area contributed by atoms with Crippen molar-refractivity contribution in [3.05, 3.63) is 58.1 Å². The Kier molecular flexibility index (Phi) is 4.13. The molecule has 0 spiro atoms. The Bertz CT molecular complexity index is 838. The second-order valence-electron chi connectivity index (χ2n) is 5.93. The number of hydrogen-bond donors (Lipinski definition) is 1. The average molecular weight is 339 g/mol. The van der Waals surface area contributed by atoms with Gasteiger partial charge in [-0.05, 0) is 36.4 Å². The first-order valence-corrected chi connectivity index (χ1v) is 8.92. The van der Waals surface area contributed by atoms with Gasteiger partial charge in [0.25, 0.3) is 5.91 Å². The second kappa shape index (κ2) is 6.57. The number of aromatic nitrogens is 2. The lowest BCUT2D eigenvalue weighted by molar-refractivity contribution is 0.0951. The molecular formula is C18H17N3O2S. The molecule has 1 aliphatic carbocycles. The molecule has 0 aliphatic heterocycles. The van der Waals surface area contributed by atoms with E-state index in [0.29, 0.717) is 29.7 Å². The van der Waals surface area contributed by atoms with Crippen LogP contribution in [-0.4, -0.2) is 16.0 Å². The molecule has 1 fully saturated rings. The molecule has 4 rings (SSSR count). The van der Waals surface area contributed by atoms with E-state index < -0.39 is 0 Å². The maximum absolute atomic E-state index is 12.3. The highest BCUT2D eigenvalue weighted by Crippen LogP contribution is 2.36. The molecule has 6 heteroatoms. The van der Waals surface area contributed by atoms with Crippen molar-refractivity contribution in [1.82, 2.24) is 15.5 Å². The minimum Gasteiger partial charge on any atom is -0.347 e. The first-order valence-electron chi connectivity index (χ1n) is 8.04. The molecule has 0 saturated heterocycles. The summed E-state index contributed by atoms with van der Waals surface area (Å²) in [5, 5.41) is 8.99. The average Bonchev–Trinajstić information content (AvgIpc) is 3.23. The van der Waals surface area contributed by atoms with Crippen LogP contribution in [-0.2, 0) is 6.54 Å². The van der Waals surface area contributed by atoms with Gasteiger partial charge < -0.3 is 9.84 Å². The summed E-state index contributed by atoms with van der Waals surface area (Å²) in [4.78, 5) is 17.9. The van der Waals surface area contributed by atoms with E-state index >= 15 is 0 Å². The van der Waals surface area contributed by atoms with Gasteiger partial charge in [0.05, 0.1) is 6.54 Å². The fraction of sp³-hybridized carbons (Fsp3) is 0.278. The van der Waals surface area contributed by atoms with Gasteiger partial charge in [-0.15, -0.1) is 11.3 Å². The van der Waals surface area contributed by atoms with Crippen molar-refractivity contribution < 1.29 is 9.32 Å². The van der Waals surface area contributed by atoms with Crippen LogP contribution in [0.15, 0.2) is 46.3 Å². The zero-order valence-electron chi connectivity index (χ0n) is 13.1. The molecule has 1 aromatic carbocycles. The van der Waals surface area contributed by atoms with Crippen molar-refractivity contribution in [2.75, 3.05) is 0 Å². The van der Waals surface area contributed by atoms with Crippen molar-refractivity contribution >= 4 is 17.2 Å². The van der Waals surface area contributed by atoms with Crippen LogP contribution in [0, 0.1) is 0 Å². The molecule has 1 amide bonds. The topological polar surface area (TPSA) is 68.0 Å². The number of nitrogens with one attached hydrogen (secondary N) is 1. The predicted octanol–water partition coefficient (Wildman–Crippen LogP) is 4.00. The Morgan fingerprint density at radius 2 is 2.21 bits per heavy atom. The number of benzene rings is 1. The SMILES string of the molecule is O=C(NCc1cccs1)c1cccc(-c2noc(C3CCC3)n2)c1. The largest absolute Gasteiger partial charge is 0.347 e. The molecule has 1 saturated carbocycles. The van der Waals surface area contributed by atoms with Crippen molar-refractivity contribution in [1.29, 1.82) is 0 Å².